The van der Waals surface area contributed by atoms with Crippen molar-refractivity contribution in [3.05, 3.63) is 88.5 Å². The molecule has 0 fully saturated rings. The Balaban J connectivity index is 2.01. The molecule has 29 heavy (non-hydrogen) atoms. The Kier molecular flexibility index (Phi) is 6.77. The average molecular weight is 407 g/mol. The zero-order chi connectivity index (χ0) is 21.0. The summed E-state index contributed by atoms with van der Waals surface area (Å²) in [6, 6.07) is 21.1. The molecule has 3 heteroatoms. The summed E-state index contributed by atoms with van der Waals surface area (Å²) in [5, 5.41) is 12.2. The molecule has 2 nitrogen and oxygen atoms in total. The Morgan fingerprint density at radius 1 is 0.897 bits per heavy atom. The fraction of sp³-hybridized carbons (Fsp3) is 0.308. The van der Waals surface area contributed by atoms with Gasteiger partial charge in [0.25, 0.3) is 0 Å². The minimum atomic E-state index is 0.0577. The summed E-state index contributed by atoms with van der Waals surface area (Å²) in [4.78, 5) is 0. The van der Waals surface area contributed by atoms with Crippen molar-refractivity contribution in [1.29, 1.82) is 0 Å². The number of aliphatic hydroxyl groups excluding tert-OH is 1. The summed E-state index contributed by atoms with van der Waals surface area (Å²) in [5.41, 5.74) is 5.86. The fourth-order valence-electron chi connectivity index (χ4n) is 3.34. The monoisotopic (exact) mass is 406 g/mol. The van der Waals surface area contributed by atoms with Crippen LogP contribution in [0.5, 0.6) is 5.75 Å². The molecule has 0 bridgehead atoms. The van der Waals surface area contributed by atoms with Crippen molar-refractivity contribution in [2.45, 2.75) is 53.2 Å². The third kappa shape index (κ3) is 5.47. The molecule has 0 saturated carbocycles. The van der Waals surface area contributed by atoms with Crippen LogP contribution in [-0.4, -0.2) is 5.11 Å². The molecule has 0 saturated heterocycles. The van der Waals surface area contributed by atoms with Gasteiger partial charge in [0.2, 0.25) is 0 Å². The number of rotatable bonds is 6. The second-order valence-corrected chi connectivity index (χ2v) is 9.97. The van der Waals surface area contributed by atoms with Crippen molar-refractivity contribution in [1.82, 2.24) is 0 Å². The Bertz CT molecular complexity index is 972. The van der Waals surface area contributed by atoms with E-state index in [-0.39, 0.29) is 12.0 Å². The van der Waals surface area contributed by atoms with Crippen molar-refractivity contribution >= 4 is 19.2 Å². The third-order valence-corrected chi connectivity index (χ3v) is 6.46. The quantitative estimate of drug-likeness (QED) is 0.563. The van der Waals surface area contributed by atoms with Gasteiger partial charge < -0.3 is 9.84 Å². The Morgan fingerprint density at radius 2 is 1.62 bits per heavy atom. The number of benzene rings is 3. The van der Waals surface area contributed by atoms with Crippen LogP contribution < -0.4 is 15.3 Å². The van der Waals surface area contributed by atoms with Crippen LogP contribution in [0.4, 0.5) is 0 Å². The summed E-state index contributed by atoms with van der Waals surface area (Å²) < 4.78 is 6.34. The third-order valence-electron chi connectivity index (χ3n) is 5.07. The highest BCUT2D eigenvalue weighted by atomic mass is 31.1. The molecule has 1 unspecified atom stereocenters. The van der Waals surface area contributed by atoms with Crippen LogP contribution in [0, 0.1) is 13.8 Å². The first-order valence-corrected chi connectivity index (χ1v) is 11.1. The van der Waals surface area contributed by atoms with Crippen molar-refractivity contribution in [3.63, 3.8) is 0 Å². The van der Waals surface area contributed by atoms with Crippen LogP contribution >= 0.6 is 8.58 Å². The zero-order valence-electron chi connectivity index (χ0n) is 18.0. The molecule has 0 amide bonds. The van der Waals surface area contributed by atoms with Gasteiger partial charge in [0.1, 0.15) is 12.4 Å². The van der Waals surface area contributed by atoms with Crippen LogP contribution in [-0.2, 0) is 18.6 Å². The second-order valence-electron chi connectivity index (χ2n) is 8.64. The maximum Gasteiger partial charge on any atom is 0.130 e. The topological polar surface area (TPSA) is 29.5 Å². The molecule has 152 valence electrons. The maximum absolute atomic E-state index is 9.85. The number of aryl methyl sites for hydroxylation is 2. The highest BCUT2D eigenvalue weighted by Gasteiger charge is 2.19. The lowest BCUT2D eigenvalue weighted by Gasteiger charge is -2.24. The number of aliphatic hydroxyl groups is 1. The molecule has 0 aromatic heterocycles. The van der Waals surface area contributed by atoms with Gasteiger partial charge in [-0.15, -0.1) is 0 Å². The van der Waals surface area contributed by atoms with Gasteiger partial charge in [-0.25, -0.2) is 0 Å². The lowest BCUT2D eigenvalue weighted by Crippen LogP contribution is -2.18. The van der Waals surface area contributed by atoms with Gasteiger partial charge in [-0.3, -0.25) is 0 Å². The molecule has 3 rings (SSSR count). The summed E-state index contributed by atoms with van der Waals surface area (Å²) in [5.74, 6) is 0.963. The molecule has 3 aromatic rings. The van der Waals surface area contributed by atoms with Gasteiger partial charge in [-0.05, 0) is 52.9 Å². The van der Waals surface area contributed by atoms with E-state index < -0.39 is 0 Å². The maximum atomic E-state index is 9.85. The van der Waals surface area contributed by atoms with Crippen LogP contribution in [0.2, 0.25) is 0 Å². The van der Waals surface area contributed by atoms with Crippen LogP contribution in [0.3, 0.4) is 0 Å². The molecule has 0 aliphatic carbocycles. The molecule has 0 radical (unpaired) electrons. The van der Waals surface area contributed by atoms with E-state index in [1.807, 2.05) is 18.2 Å². The van der Waals surface area contributed by atoms with Crippen molar-refractivity contribution in [2.24, 2.45) is 0 Å². The number of ether oxygens (including phenoxy) is 1. The highest BCUT2D eigenvalue weighted by Crippen LogP contribution is 2.31. The normalized spacial score (nSPS) is 11.9. The van der Waals surface area contributed by atoms with E-state index in [1.165, 1.54) is 21.7 Å². The van der Waals surface area contributed by atoms with Gasteiger partial charge in [-0.2, -0.15) is 0 Å². The molecule has 0 aliphatic rings. The van der Waals surface area contributed by atoms with E-state index in [4.69, 9.17) is 4.74 Å². The summed E-state index contributed by atoms with van der Waals surface area (Å²) in [6.45, 7) is 11.5. The summed E-state index contributed by atoms with van der Waals surface area (Å²) in [7, 11) is 0.432. The first kappa shape index (κ1) is 21.6. The number of hydrogen-bond acceptors (Lipinski definition) is 2. The predicted octanol–water partition coefficient (Wildman–Crippen LogP) is 5.30. The highest BCUT2D eigenvalue weighted by molar-refractivity contribution is 7.55. The Morgan fingerprint density at radius 3 is 2.28 bits per heavy atom. The molecule has 0 aliphatic heterocycles. The zero-order valence-corrected chi connectivity index (χ0v) is 19.0. The lowest BCUT2D eigenvalue weighted by molar-refractivity contribution is 0.283. The van der Waals surface area contributed by atoms with Crippen LogP contribution in [0.1, 0.15) is 48.6 Å². The van der Waals surface area contributed by atoms with Gasteiger partial charge >= 0.3 is 0 Å². The predicted molar refractivity (Wildman–Crippen MR) is 125 cm³/mol. The Labute approximate surface area is 176 Å². The number of hydrogen-bond donors (Lipinski definition) is 1. The lowest BCUT2D eigenvalue weighted by atomic mass is 9.86. The first-order valence-electron chi connectivity index (χ1n) is 10.1. The molecule has 1 N–H and O–H groups in total. The minimum absolute atomic E-state index is 0.0577. The largest absolute Gasteiger partial charge is 0.488 e. The molecular formula is C26H31O2P. The van der Waals surface area contributed by atoms with E-state index in [9.17, 15) is 5.11 Å². The molecule has 0 heterocycles. The van der Waals surface area contributed by atoms with E-state index in [1.54, 1.807) is 0 Å². The second kappa shape index (κ2) is 9.11. The summed E-state index contributed by atoms with van der Waals surface area (Å²) in [6.07, 6.45) is 0. The van der Waals surface area contributed by atoms with E-state index in [2.05, 4.69) is 77.1 Å². The Hall–Kier alpha value is -2.15. The van der Waals surface area contributed by atoms with Crippen LogP contribution in [0.15, 0.2) is 60.7 Å². The fourth-order valence-corrected chi connectivity index (χ4v) is 4.72. The minimum Gasteiger partial charge on any atom is -0.488 e. The van der Waals surface area contributed by atoms with Crippen molar-refractivity contribution < 1.29 is 9.84 Å². The first-order chi connectivity index (χ1) is 13.8. The molecule has 1 atom stereocenters. The molecule has 3 aromatic carbocycles. The molecular weight excluding hydrogens is 375 g/mol. The molecule has 0 spiro atoms. The van der Waals surface area contributed by atoms with E-state index in [0.29, 0.717) is 15.2 Å². The standard InChI is InChI=1S/C26H31O2P/c1-18-11-12-23(21(13-18)16-27)29-24-15-22(26(3,4)5)14-19(2)25(24)28-17-20-9-7-6-8-10-20/h6-15,27,29H,16-17H2,1-5H3. The van der Waals surface area contributed by atoms with Crippen molar-refractivity contribution in [2.75, 3.05) is 0 Å². The van der Waals surface area contributed by atoms with Gasteiger partial charge in [0.05, 0.1) is 6.61 Å². The smallest absolute Gasteiger partial charge is 0.130 e. The van der Waals surface area contributed by atoms with E-state index >= 15 is 0 Å². The van der Waals surface area contributed by atoms with Gasteiger partial charge in [0.15, 0.2) is 0 Å². The SMILES string of the molecule is Cc1ccc(Pc2cc(C(C)(C)C)cc(C)c2OCc2ccccc2)c(CO)c1. The van der Waals surface area contributed by atoms with E-state index in [0.717, 1.165) is 22.4 Å². The van der Waals surface area contributed by atoms with Crippen molar-refractivity contribution in [3.8, 4) is 5.75 Å². The van der Waals surface area contributed by atoms with Gasteiger partial charge in [-0.1, -0.05) is 89.5 Å². The van der Waals surface area contributed by atoms with Gasteiger partial charge in [0, 0.05) is 5.30 Å². The summed E-state index contributed by atoms with van der Waals surface area (Å²) >= 11 is 0. The van der Waals surface area contributed by atoms with Crippen LogP contribution in [0.25, 0.3) is 0 Å². The average Bonchev–Trinajstić information content (AvgIpc) is 2.68.